The summed E-state index contributed by atoms with van der Waals surface area (Å²) in [7, 11) is 0. The van der Waals surface area contributed by atoms with Gasteiger partial charge in [-0.15, -0.1) is 0 Å². The van der Waals surface area contributed by atoms with Crippen molar-refractivity contribution in [2.24, 2.45) is 0 Å². The van der Waals surface area contributed by atoms with Gasteiger partial charge in [-0.05, 0) is 54.7 Å². The summed E-state index contributed by atoms with van der Waals surface area (Å²) >= 11 is 0. The van der Waals surface area contributed by atoms with Gasteiger partial charge >= 0.3 is 5.97 Å². The number of likely N-dealkylation sites (tertiary alicyclic amines) is 1. The monoisotopic (exact) mass is 440 g/mol. The summed E-state index contributed by atoms with van der Waals surface area (Å²) in [6.45, 7) is 5.42. The van der Waals surface area contributed by atoms with Gasteiger partial charge in [-0.2, -0.15) is 0 Å². The Labute approximate surface area is 194 Å². The molecule has 0 atom stereocenters. The van der Waals surface area contributed by atoms with E-state index < -0.39 is 0 Å². The molecule has 0 saturated carbocycles. The number of para-hydroxylation sites is 1. The maximum Gasteiger partial charge on any atom is 0.338 e. The minimum atomic E-state index is -0.292. The molecule has 0 bridgehead atoms. The van der Waals surface area contributed by atoms with E-state index in [4.69, 9.17) is 9.47 Å². The Balaban J connectivity index is 1.38. The average molecular weight is 441 g/mol. The number of piperidine rings is 1. The Bertz CT molecular complexity index is 1140. The fraction of sp³-hybridized carbons (Fsp3) is 0.286. The Hall–Kier alpha value is -3.44. The molecule has 5 nitrogen and oxygen atoms in total. The number of nitrogens with zero attached hydrogens (tertiary/aromatic N) is 2. The number of rotatable bonds is 4. The summed E-state index contributed by atoms with van der Waals surface area (Å²) in [6.07, 6.45) is 3.68. The minimum absolute atomic E-state index is 0.292. The van der Waals surface area contributed by atoms with E-state index in [1.807, 2.05) is 19.1 Å². The second-order valence-corrected chi connectivity index (χ2v) is 8.45. The number of hydrogen-bond donors (Lipinski definition) is 0. The van der Waals surface area contributed by atoms with Crippen LogP contribution in [-0.4, -0.2) is 35.5 Å². The van der Waals surface area contributed by atoms with Gasteiger partial charge in [0, 0.05) is 31.4 Å². The maximum atomic E-state index is 12.1. The highest BCUT2D eigenvalue weighted by Crippen LogP contribution is 2.40. The number of fused-ring (bicyclic) bond motifs is 2. The van der Waals surface area contributed by atoms with Crippen LogP contribution in [0.25, 0.3) is 5.57 Å². The van der Waals surface area contributed by atoms with Crippen LogP contribution < -0.4 is 4.74 Å². The predicted molar refractivity (Wildman–Crippen MR) is 128 cm³/mol. The van der Waals surface area contributed by atoms with Crippen molar-refractivity contribution in [1.82, 2.24) is 9.88 Å². The lowest BCUT2D eigenvalue weighted by molar-refractivity contribution is 0.0526. The molecule has 5 rings (SSSR count). The van der Waals surface area contributed by atoms with Crippen molar-refractivity contribution >= 4 is 11.5 Å². The zero-order valence-corrected chi connectivity index (χ0v) is 18.9. The highest BCUT2D eigenvalue weighted by molar-refractivity contribution is 5.89. The van der Waals surface area contributed by atoms with Crippen LogP contribution in [0.2, 0.25) is 0 Å². The number of ether oxygens (including phenoxy) is 2. The molecule has 3 heterocycles. The van der Waals surface area contributed by atoms with Gasteiger partial charge in [0.1, 0.15) is 12.4 Å². The highest BCUT2D eigenvalue weighted by atomic mass is 16.5. The summed E-state index contributed by atoms with van der Waals surface area (Å²) in [4.78, 5) is 18.9. The molecule has 0 N–H and O–H groups in total. The molecule has 0 amide bonds. The first kappa shape index (κ1) is 21.4. The Morgan fingerprint density at radius 1 is 1.03 bits per heavy atom. The van der Waals surface area contributed by atoms with Gasteiger partial charge in [-0.3, -0.25) is 9.88 Å². The maximum absolute atomic E-state index is 12.1. The van der Waals surface area contributed by atoms with Gasteiger partial charge in [0.05, 0.1) is 17.9 Å². The van der Waals surface area contributed by atoms with Crippen LogP contribution in [0.5, 0.6) is 5.75 Å². The van der Waals surface area contributed by atoms with E-state index in [0.29, 0.717) is 18.8 Å². The lowest BCUT2D eigenvalue weighted by Gasteiger charge is -2.30. The van der Waals surface area contributed by atoms with Gasteiger partial charge < -0.3 is 9.47 Å². The molecule has 168 valence electrons. The molecular formula is C28H28N2O3. The molecule has 2 aromatic carbocycles. The third-order valence-corrected chi connectivity index (χ3v) is 6.35. The highest BCUT2D eigenvalue weighted by Gasteiger charge is 2.24. The summed E-state index contributed by atoms with van der Waals surface area (Å²) < 4.78 is 11.3. The fourth-order valence-corrected chi connectivity index (χ4v) is 4.74. The second kappa shape index (κ2) is 9.59. The van der Waals surface area contributed by atoms with Crippen molar-refractivity contribution in [3.8, 4) is 5.75 Å². The van der Waals surface area contributed by atoms with E-state index in [1.54, 1.807) is 12.3 Å². The zero-order chi connectivity index (χ0) is 22.6. The molecular weight excluding hydrogens is 412 g/mol. The smallest absolute Gasteiger partial charge is 0.338 e. The molecule has 1 saturated heterocycles. The van der Waals surface area contributed by atoms with Crippen molar-refractivity contribution in [2.75, 3.05) is 19.7 Å². The lowest BCUT2D eigenvalue weighted by Crippen LogP contribution is -2.31. The molecule has 0 aliphatic carbocycles. The summed E-state index contributed by atoms with van der Waals surface area (Å²) in [5.41, 5.74) is 7.98. The van der Waals surface area contributed by atoms with Crippen LogP contribution in [0, 0.1) is 0 Å². The molecule has 0 unspecified atom stereocenters. The molecule has 1 aromatic heterocycles. The summed E-state index contributed by atoms with van der Waals surface area (Å²) in [5.74, 6) is 0.665. The first-order valence-electron chi connectivity index (χ1n) is 11.6. The first-order valence-corrected chi connectivity index (χ1v) is 11.6. The van der Waals surface area contributed by atoms with Crippen LogP contribution >= 0.6 is 0 Å². The number of benzene rings is 2. The van der Waals surface area contributed by atoms with E-state index in [0.717, 1.165) is 43.9 Å². The standard InChI is InChI=1S/C28H28N2O3/c1-2-32-28(31)21-11-14-29-23(17-21)18-30-15-12-20(13-16-30)27-24-8-4-3-7-22(24)19-33-26-10-6-5-9-25(26)27/h3-11,14,17H,2,12-13,15-16,18-19H2,1H3. The van der Waals surface area contributed by atoms with Crippen molar-refractivity contribution in [2.45, 2.75) is 32.9 Å². The number of carbonyl (C=O) groups is 1. The van der Waals surface area contributed by atoms with Gasteiger partial charge in [0.2, 0.25) is 0 Å². The van der Waals surface area contributed by atoms with Crippen LogP contribution in [0.15, 0.2) is 72.4 Å². The molecule has 1 fully saturated rings. The minimum Gasteiger partial charge on any atom is -0.488 e. The number of pyridine rings is 1. The Morgan fingerprint density at radius 2 is 1.79 bits per heavy atom. The molecule has 2 aliphatic rings. The predicted octanol–water partition coefficient (Wildman–Crippen LogP) is 5.25. The molecule has 3 aromatic rings. The average Bonchev–Trinajstić information content (AvgIpc) is 3.02. The van der Waals surface area contributed by atoms with Crippen molar-refractivity contribution in [3.05, 3.63) is 100 Å². The van der Waals surface area contributed by atoms with E-state index in [9.17, 15) is 4.79 Å². The van der Waals surface area contributed by atoms with Crippen molar-refractivity contribution in [3.63, 3.8) is 0 Å². The largest absolute Gasteiger partial charge is 0.488 e. The van der Waals surface area contributed by atoms with Crippen LogP contribution in [0.4, 0.5) is 0 Å². The quantitative estimate of drug-likeness (QED) is 0.519. The number of aromatic nitrogens is 1. The normalized spacial score (nSPS) is 15.8. The molecule has 0 spiro atoms. The third kappa shape index (κ3) is 4.55. The van der Waals surface area contributed by atoms with E-state index in [-0.39, 0.29) is 5.97 Å². The summed E-state index contributed by atoms with van der Waals surface area (Å²) in [5, 5.41) is 0. The molecule has 2 aliphatic heterocycles. The van der Waals surface area contributed by atoms with Gasteiger partial charge in [0.25, 0.3) is 0 Å². The Kier molecular flexibility index (Phi) is 6.22. The SMILES string of the molecule is CCOC(=O)c1ccnc(CN2CCC(=C3c4ccccc4COc4ccccc43)CC2)c1. The molecule has 0 radical (unpaired) electrons. The van der Waals surface area contributed by atoms with Gasteiger partial charge in [-0.25, -0.2) is 4.79 Å². The van der Waals surface area contributed by atoms with Crippen LogP contribution in [0.1, 0.15) is 52.5 Å². The zero-order valence-electron chi connectivity index (χ0n) is 18.9. The number of carbonyl (C=O) groups excluding carboxylic acids is 1. The van der Waals surface area contributed by atoms with Crippen LogP contribution in [0.3, 0.4) is 0 Å². The Morgan fingerprint density at radius 3 is 2.61 bits per heavy atom. The van der Waals surface area contributed by atoms with Gasteiger partial charge in [-0.1, -0.05) is 48.0 Å². The van der Waals surface area contributed by atoms with E-state index in [2.05, 4.69) is 52.3 Å². The second-order valence-electron chi connectivity index (χ2n) is 8.45. The fourth-order valence-electron chi connectivity index (χ4n) is 4.74. The van der Waals surface area contributed by atoms with Crippen LogP contribution in [-0.2, 0) is 17.9 Å². The first-order chi connectivity index (χ1) is 16.2. The molecule has 5 heteroatoms. The number of hydrogen-bond acceptors (Lipinski definition) is 5. The van der Waals surface area contributed by atoms with Crippen molar-refractivity contribution < 1.29 is 14.3 Å². The van der Waals surface area contributed by atoms with E-state index in [1.165, 1.54) is 27.8 Å². The number of esters is 1. The van der Waals surface area contributed by atoms with Gasteiger partial charge in [0.15, 0.2) is 0 Å². The summed E-state index contributed by atoms with van der Waals surface area (Å²) in [6, 6.07) is 20.5. The van der Waals surface area contributed by atoms with E-state index >= 15 is 0 Å². The van der Waals surface area contributed by atoms with Crippen molar-refractivity contribution in [1.29, 1.82) is 0 Å². The topological polar surface area (TPSA) is 51.7 Å². The third-order valence-electron chi connectivity index (χ3n) is 6.35. The molecule has 33 heavy (non-hydrogen) atoms. The lowest BCUT2D eigenvalue weighted by atomic mass is 9.86.